The molecule has 1 amide bonds. The fourth-order valence-electron chi connectivity index (χ4n) is 3.75. The number of carbonyl (C=O) groups excluding carboxylic acids is 1. The van der Waals surface area contributed by atoms with Crippen LogP contribution in [0.3, 0.4) is 0 Å². The Balaban J connectivity index is 1.52. The van der Waals surface area contributed by atoms with Crippen LogP contribution in [0.1, 0.15) is 48.5 Å². The highest BCUT2D eigenvalue weighted by Gasteiger charge is 2.31. The van der Waals surface area contributed by atoms with Crippen LogP contribution in [-0.4, -0.2) is 37.8 Å². The minimum atomic E-state index is -3.46. The van der Waals surface area contributed by atoms with E-state index in [0.717, 1.165) is 18.4 Å². The topological polar surface area (TPSA) is 75.7 Å². The lowest BCUT2D eigenvalue weighted by Gasteiger charge is -2.16. The fourth-order valence-corrected chi connectivity index (χ4v) is 5.27. The predicted molar refractivity (Wildman–Crippen MR) is 107 cm³/mol. The van der Waals surface area contributed by atoms with Crippen molar-refractivity contribution >= 4 is 21.6 Å². The molecule has 0 aliphatic carbocycles. The van der Waals surface area contributed by atoms with Crippen LogP contribution in [0.5, 0.6) is 5.75 Å². The van der Waals surface area contributed by atoms with E-state index in [1.165, 1.54) is 4.31 Å². The molecule has 1 N–H and O–H groups in total. The van der Waals surface area contributed by atoms with E-state index in [-0.39, 0.29) is 22.8 Å². The highest BCUT2D eigenvalue weighted by molar-refractivity contribution is 7.89. The van der Waals surface area contributed by atoms with Gasteiger partial charge in [-0.1, -0.05) is 19.1 Å². The van der Waals surface area contributed by atoms with Crippen molar-refractivity contribution < 1.29 is 17.9 Å². The van der Waals surface area contributed by atoms with E-state index in [2.05, 4.69) is 12.2 Å². The predicted octanol–water partition coefficient (Wildman–Crippen LogP) is 3.61. The van der Waals surface area contributed by atoms with Crippen molar-refractivity contribution in [1.82, 2.24) is 4.31 Å². The van der Waals surface area contributed by atoms with Gasteiger partial charge in [-0.25, -0.2) is 8.42 Å². The second-order valence-corrected chi connectivity index (χ2v) is 9.36. The van der Waals surface area contributed by atoms with E-state index in [1.54, 1.807) is 30.3 Å². The molecule has 28 heavy (non-hydrogen) atoms. The summed E-state index contributed by atoms with van der Waals surface area (Å²) in [5.74, 6) is 0.597. The van der Waals surface area contributed by atoms with Gasteiger partial charge in [0.05, 0.1) is 10.5 Å². The molecular weight excluding hydrogens is 376 g/mol. The van der Waals surface area contributed by atoms with Crippen LogP contribution in [0.25, 0.3) is 0 Å². The number of fused-ring (bicyclic) bond motifs is 1. The number of hydrogen-bond donors (Lipinski definition) is 1. The number of para-hydroxylation sites is 1. The van der Waals surface area contributed by atoms with Crippen molar-refractivity contribution in [2.75, 3.05) is 18.4 Å². The zero-order valence-electron chi connectivity index (χ0n) is 16.0. The van der Waals surface area contributed by atoms with Crippen molar-refractivity contribution in [2.24, 2.45) is 0 Å². The first-order valence-corrected chi connectivity index (χ1v) is 11.0. The molecule has 2 unspecified atom stereocenters. The van der Waals surface area contributed by atoms with Gasteiger partial charge in [0.25, 0.3) is 5.91 Å². The minimum Gasteiger partial charge on any atom is -0.489 e. The van der Waals surface area contributed by atoms with E-state index in [0.29, 0.717) is 30.1 Å². The highest BCUT2D eigenvalue weighted by atomic mass is 32.2. The van der Waals surface area contributed by atoms with E-state index >= 15 is 0 Å². The van der Waals surface area contributed by atoms with Gasteiger partial charge in [0.15, 0.2) is 0 Å². The standard InChI is InChI=1S/C21H24N2O4S/c1-14-15(2)27-20-18(14)6-5-7-19(20)21(24)22-16-8-10-17(11-9-16)28(25,26)23-12-3-4-13-23/h5-11,14-15H,3-4,12-13H2,1-2H3,(H,22,24). The maximum Gasteiger partial charge on any atom is 0.259 e. The van der Waals surface area contributed by atoms with Crippen LogP contribution in [0.15, 0.2) is 47.4 Å². The summed E-state index contributed by atoms with van der Waals surface area (Å²) < 4.78 is 32.6. The summed E-state index contributed by atoms with van der Waals surface area (Å²) in [4.78, 5) is 13.0. The summed E-state index contributed by atoms with van der Waals surface area (Å²) in [5, 5.41) is 2.84. The Labute approximate surface area is 165 Å². The maximum absolute atomic E-state index is 12.8. The Kier molecular flexibility index (Phi) is 4.89. The van der Waals surface area contributed by atoms with Crippen LogP contribution >= 0.6 is 0 Å². The normalized spacial score (nSPS) is 21.9. The van der Waals surface area contributed by atoms with E-state index in [1.807, 2.05) is 19.1 Å². The molecule has 2 aliphatic rings. The van der Waals surface area contributed by atoms with Gasteiger partial charge in [-0.05, 0) is 50.1 Å². The number of benzene rings is 2. The smallest absolute Gasteiger partial charge is 0.259 e. The van der Waals surface area contributed by atoms with Crippen LogP contribution in [0.2, 0.25) is 0 Å². The van der Waals surface area contributed by atoms with Gasteiger partial charge in [0, 0.05) is 30.3 Å². The number of ether oxygens (including phenoxy) is 1. The first-order chi connectivity index (χ1) is 13.4. The van der Waals surface area contributed by atoms with Gasteiger partial charge in [-0.15, -0.1) is 0 Å². The summed E-state index contributed by atoms with van der Waals surface area (Å²) in [5.41, 5.74) is 2.07. The molecule has 1 fully saturated rings. The summed E-state index contributed by atoms with van der Waals surface area (Å²) in [6, 6.07) is 11.9. The summed E-state index contributed by atoms with van der Waals surface area (Å²) in [7, 11) is -3.46. The molecule has 1 saturated heterocycles. The van der Waals surface area contributed by atoms with Gasteiger partial charge < -0.3 is 10.1 Å². The van der Waals surface area contributed by atoms with Crippen molar-refractivity contribution in [2.45, 2.75) is 43.6 Å². The Morgan fingerprint density at radius 3 is 2.43 bits per heavy atom. The van der Waals surface area contributed by atoms with E-state index < -0.39 is 10.0 Å². The molecule has 6 nitrogen and oxygen atoms in total. The third-order valence-electron chi connectivity index (χ3n) is 5.60. The second-order valence-electron chi connectivity index (χ2n) is 7.43. The summed E-state index contributed by atoms with van der Waals surface area (Å²) in [6.07, 6.45) is 1.82. The Morgan fingerprint density at radius 2 is 1.75 bits per heavy atom. The molecule has 4 rings (SSSR count). The largest absolute Gasteiger partial charge is 0.489 e. The van der Waals surface area contributed by atoms with Gasteiger partial charge in [-0.3, -0.25) is 4.79 Å². The van der Waals surface area contributed by atoms with E-state index in [4.69, 9.17) is 4.74 Å². The molecule has 2 aromatic carbocycles. The lowest BCUT2D eigenvalue weighted by molar-refractivity contribution is 0.102. The zero-order chi connectivity index (χ0) is 19.9. The van der Waals surface area contributed by atoms with Crippen LogP contribution in [0.4, 0.5) is 5.69 Å². The molecule has 0 spiro atoms. The maximum atomic E-state index is 12.8. The number of carbonyl (C=O) groups is 1. The molecule has 0 saturated carbocycles. The van der Waals surface area contributed by atoms with Crippen LogP contribution < -0.4 is 10.1 Å². The summed E-state index contributed by atoms with van der Waals surface area (Å²) >= 11 is 0. The molecule has 7 heteroatoms. The first-order valence-electron chi connectivity index (χ1n) is 9.59. The zero-order valence-corrected chi connectivity index (χ0v) is 16.8. The van der Waals surface area contributed by atoms with Gasteiger partial charge in [0.2, 0.25) is 10.0 Å². The molecule has 0 aromatic heterocycles. The van der Waals surface area contributed by atoms with Crippen LogP contribution in [0, 0.1) is 0 Å². The SMILES string of the molecule is CC1Oc2c(C(=O)Nc3ccc(S(=O)(=O)N4CCCC4)cc3)cccc2C1C. The number of nitrogens with one attached hydrogen (secondary N) is 1. The van der Waals surface area contributed by atoms with Crippen LogP contribution in [-0.2, 0) is 10.0 Å². The molecule has 148 valence electrons. The molecule has 2 atom stereocenters. The van der Waals surface area contributed by atoms with Crippen molar-refractivity contribution in [3.05, 3.63) is 53.6 Å². The third-order valence-corrected chi connectivity index (χ3v) is 7.52. The third kappa shape index (κ3) is 3.29. The number of hydrogen-bond acceptors (Lipinski definition) is 4. The molecular formula is C21H24N2O4S. The number of amides is 1. The molecule has 2 heterocycles. The monoisotopic (exact) mass is 400 g/mol. The van der Waals surface area contributed by atoms with E-state index in [9.17, 15) is 13.2 Å². The van der Waals surface area contributed by atoms with Crippen molar-refractivity contribution in [1.29, 1.82) is 0 Å². The average molecular weight is 401 g/mol. The summed E-state index contributed by atoms with van der Waals surface area (Å²) in [6.45, 7) is 5.21. The van der Waals surface area contributed by atoms with Crippen molar-refractivity contribution in [3.8, 4) is 5.75 Å². The quantitative estimate of drug-likeness (QED) is 0.851. The second kappa shape index (κ2) is 7.22. The average Bonchev–Trinajstić information content (AvgIpc) is 3.32. The molecule has 0 radical (unpaired) electrons. The lowest BCUT2D eigenvalue weighted by atomic mass is 9.97. The molecule has 0 bridgehead atoms. The van der Waals surface area contributed by atoms with Gasteiger partial charge in [-0.2, -0.15) is 4.31 Å². The number of nitrogens with zero attached hydrogens (tertiary/aromatic N) is 1. The Bertz CT molecular complexity index is 996. The number of sulfonamides is 1. The fraction of sp³-hybridized carbons (Fsp3) is 0.381. The Hall–Kier alpha value is -2.38. The number of rotatable bonds is 4. The van der Waals surface area contributed by atoms with Gasteiger partial charge in [0.1, 0.15) is 11.9 Å². The minimum absolute atomic E-state index is 0.0269. The van der Waals surface area contributed by atoms with Gasteiger partial charge >= 0.3 is 0 Å². The number of anilines is 1. The Morgan fingerprint density at radius 1 is 1.07 bits per heavy atom. The lowest BCUT2D eigenvalue weighted by Crippen LogP contribution is -2.27. The molecule has 2 aliphatic heterocycles. The van der Waals surface area contributed by atoms with Crippen molar-refractivity contribution in [3.63, 3.8) is 0 Å². The first kappa shape index (κ1) is 19.0. The highest BCUT2D eigenvalue weighted by Crippen LogP contribution is 2.40. The molecule has 2 aromatic rings.